The zero-order valence-electron chi connectivity index (χ0n) is 19.5. The average Bonchev–Trinajstić information content (AvgIpc) is 3.33. The summed E-state index contributed by atoms with van der Waals surface area (Å²) in [4.78, 5) is 22.7. The number of carbonyl (C=O) groups excluding carboxylic acids is 1. The van der Waals surface area contributed by atoms with Gasteiger partial charge in [0.05, 0.1) is 25.0 Å². The number of nitrogens with zero attached hydrogens (tertiary/aromatic N) is 3. The summed E-state index contributed by atoms with van der Waals surface area (Å²) in [5.74, 6) is 1.80. The molecule has 5 rings (SSSR count). The van der Waals surface area contributed by atoms with Crippen molar-refractivity contribution in [3.8, 4) is 17.2 Å². The first-order valence-corrected chi connectivity index (χ1v) is 12.4. The number of ether oxygens (including phenoxy) is 4. The van der Waals surface area contributed by atoms with E-state index in [1.807, 2.05) is 43.3 Å². The zero-order valence-corrected chi connectivity index (χ0v) is 20.3. The first-order chi connectivity index (χ1) is 16.6. The summed E-state index contributed by atoms with van der Waals surface area (Å²) in [6, 6.07) is 11.4. The van der Waals surface area contributed by atoms with Crippen molar-refractivity contribution in [2.24, 2.45) is 0 Å². The topological polar surface area (TPSA) is 73.4 Å². The number of morpholine rings is 1. The van der Waals surface area contributed by atoms with Crippen LogP contribution in [-0.4, -0.2) is 75.0 Å². The third-order valence-corrected chi connectivity index (χ3v) is 7.37. The van der Waals surface area contributed by atoms with E-state index in [1.54, 1.807) is 12.0 Å². The molecule has 2 aliphatic heterocycles. The molecule has 2 aliphatic rings. The van der Waals surface area contributed by atoms with Gasteiger partial charge in [-0.15, -0.1) is 0 Å². The summed E-state index contributed by atoms with van der Waals surface area (Å²) < 4.78 is 23.9. The smallest absolute Gasteiger partial charge is 0.273 e. The van der Waals surface area contributed by atoms with Gasteiger partial charge < -0.3 is 18.9 Å². The minimum absolute atomic E-state index is 0.146. The monoisotopic (exact) mass is 483 g/mol. The minimum Gasteiger partial charge on any atom is -0.494 e. The molecule has 0 N–H and O–H groups in total. The standard InChI is InChI=1S/C25H29N3O5S/c1-17-8-9-20(30-2)22-23(17)34-25(26-22)28(11-5-10-27-12-14-31-15-13-27)24(29)21-16-32-18-6-3-4-7-19(18)33-21/h3-4,6-9,21H,5,10-16H2,1-2H3/t21-/m1/s1. The van der Waals surface area contributed by atoms with Gasteiger partial charge in [0.2, 0.25) is 6.10 Å². The van der Waals surface area contributed by atoms with Crippen LogP contribution in [0.3, 0.4) is 0 Å². The Morgan fingerprint density at radius 2 is 2.00 bits per heavy atom. The first kappa shape index (κ1) is 22.9. The maximum Gasteiger partial charge on any atom is 0.273 e. The predicted molar refractivity (Wildman–Crippen MR) is 131 cm³/mol. The van der Waals surface area contributed by atoms with Gasteiger partial charge in [-0.25, -0.2) is 4.98 Å². The third kappa shape index (κ3) is 4.68. The minimum atomic E-state index is -0.728. The Morgan fingerprint density at radius 1 is 1.21 bits per heavy atom. The average molecular weight is 484 g/mol. The highest BCUT2D eigenvalue weighted by Crippen LogP contribution is 2.37. The summed E-state index contributed by atoms with van der Waals surface area (Å²) in [6.07, 6.45) is 0.0929. The number of rotatable bonds is 7. The lowest BCUT2D eigenvalue weighted by molar-refractivity contribution is -0.127. The fraction of sp³-hybridized carbons (Fsp3) is 0.440. The van der Waals surface area contributed by atoms with Gasteiger partial charge in [0.25, 0.3) is 5.91 Å². The van der Waals surface area contributed by atoms with E-state index in [0.717, 1.165) is 55.0 Å². The number of fused-ring (bicyclic) bond motifs is 2. The van der Waals surface area contributed by atoms with Gasteiger partial charge in [-0.1, -0.05) is 29.5 Å². The van der Waals surface area contributed by atoms with Crippen LogP contribution in [0, 0.1) is 6.92 Å². The molecule has 0 unspecified atom stereocenters. The van der Waals surface area contributed by atoms with E-state index in [4.69, 9.17) is 23.9 Å². The first-order valence-electron chi connectivity index (χ1n) is 11.6. The molecule has 180 valence electrons. The highest BCUT2D eigenvalue weighted by atomic mass is 32.1. The Balaban J connectivity index is 1.40. The molecule has 3 aromatic rings. The number of amides is 1. The molecule has 9 heteroatoms. The maximum atomic E-state index is 13.7. The van der Waals surface area contributed by atoms with Crippen LogP contribution in [0.25, 0.3) is 10.2 Å². The largest absolute Gasteiger partial charge is 0.494 e. The number of methoxy groups -OCH3 is 1. The summed E-state index contributed by atoms with van der Waals surface area (Å²) in [7, 11) is 1.64. The Hall–Kier alpha value is -2.88. The van der Waals surface area contributed by atoms with Crippen LogP contribution < -0.4 is 19.1 Å². The van der Waals surface area contributed by atoms with E-state index in [-0.39, 0.29) is 12.5 Å². The summed E-state index contributed by atoms with van der Waals surface area (Å²) >= 11 is 1.51. The van der Waals surface area contributed by atoms with Gasteiger partial charge in [0.15, 0.2) is 16.6 Å². The molecule has 1 fully saturated rings. The van der Waals surface area contributed by atoms with Crippen molar-refractivity contribution in [1.82, 2.24) is 9.88 Å². The fourth-order valence-corrected chi connectivity index (χ4v) is 5.35. The number of thiazole rings is 1. The molecular formula is C25H29N3O5S. The number of carbonyl (C=O) groups is 1. The maximum absolute atomic E-state index is 13.7. The number of para-hydroxylation sites is 2. The van der Waals surface area contributed by atoms with Crippen molar-refractivity contribution < 1.29 is 23.7 Å². The number of benzene rings is 2. The van der Waals surface area contributed by atoms with Crippen molar-refractivity contribution in [2.45, 2.75) is 19.4 Å². The summed E-state index contributed by atoms with van der Waals surface area (Å²) in [6.45, 7) is 7.00. The van der Waals surface area contributed by atoms with Crippen molar-refractivity contribution in [3.63, 3.8) is 0 Å². The molecule has 1 saturated heterocycles. The molecule has 8 nitrogen and oxygen atoms in total. The van der Waals surface area contributed by atoms with Crippen LogP contribution >= 0.6 is 11.3 Å². The highest BCUT2D eigenvalue weighted by Gasteiger charge is 2.33. The molecule has 3 heterocycles. The number of aryl methyl sites for hydroxylation is 1. The summed E-state index contributed by atoms with van der Waals surface area (Å²) in [5.41, 5.74) is 1.88. The number of aromatic nitrogens is 1. The Labute approximate surface area is 203 Å². The van der Waals surface area contributed by atoms with Crippen LogP contribution in [0.15, 0.2) is 36.4 Å². The van der Waals surface area contributed by atoms with Crippen LogP contribution in [0.2, 0.25) is 0 Å². The van der Waals surface area contributed by atoms with E-state index >= 15 is 0 Å². The molecule has 34 heavy (non-hydrogen) atoms. The number of hydrogen-bond acceptors (Lipinski definition) is 8. The van der Waals surface area contributed by atoms with E-state index in [1.165, 1.54) is 11.3 Å². The van der Waals surface area contributed by atoms with E-state index in [9.17, 15) is 4.79 Å². The molecule has 2 aromatic carbocycles. The molecule has 1 amide bonds. The van der Waals surface area contributed by atoms with Crippen molar-refractivity contribution in [2.75, 3.05) is 58.0 Å². The van der Waals surface area contributed by atoms with E-state index < -0.39 is 6.10 Å². The van der Waals surface area contributed by atoms with Gasteiger partial charge in [0, 0.05) is 26.2 Å². The van der Waals surface area contributed by atoms with E-state index in [2.05, 4.69) is 4.90 Å². The van der Waals surface area contributed by atoms with Crippen LogP contribution in [0.5, 0.6) is 17.2 Å². The van der Waals surface area contributed by atoms with Crippen molar-refractivity contribution >= 4 is 32.6 Å². The zero-order chi connectivity index (χ0) is 23.5. The SMILES string of the molecule is COc1ccc(C)c2sc(N(CCCN3CCOCC3)C(=O)[C@H]3COc4ccccc4O3)nc12. The van der Waals surface area contributed by atoms with Crippen molar-refractivity contribution in [1.29, 1.82) is 0 Å². The lowest BCUT2D eigenvalue weighted by Gasteiger charge is -2.31. The fourth-order valence-electron chi connectivity index (χ4n) is 4.27. The Morgan fingerprint density at radius 3 is 2.79 bits per heavy atom. The third-order valence-electron chi connectivity index (χ3n) is 6.15. The van der Waals surface area contributed by atoms with Crippen LogP contribution in [0.4, 0.5) is 5.13 Å². The molecule has 0 radical (unpaired) electrons. The Bertz CT molecular complexity index is 1160. The predicted octanol–water partition coefficient (Wildman–Crippen LogP) is 3.51. The normalized spacial score (nSPS) is 18.1. The second-order valence-corrected chi connectivity index (χ2v) is 9.40. The molecule has 1 atom stereocenters. The molecule has 0 saturated carbocycles. The highest BCUT2D eigenvalue weighted by molar-refractivity contribution is 7.22. The second kappa shape index (κ2) is 10.2. The van der Waals surface area contributed by atoms with Gasteiger partial charge in [0.1, 0.15) is 17.9 Å². The summed E-state index contributed by atoms with van der Waals surface area (Å²) in [5, 5.41) is 0.650. The van der Waals surface area contributed by atoms with Gasteiger partial charge in [-0.05, 0) is 37.1 Å². The lowest BCUT2D eigenvalue weighted by atomic mass is 10.2. The quantitative estimate of drug-likeness (QED) is 0.509. The van der Waals surface area contributed by atoms with Crippen molar-refractivity contribution in [3.05, 3.63) is 42.0 Å². The van der Waals surface area contributed by atoms with Gasteiger partial charge >= 0.3 is 0 Å². The van der Waals surface area contributed by atoms with Gasteiger partial charge in [-0.3, -0.25) is 14.6 Å². The second-order valence-electron chi connectivity index (χ2n) is 8.42. The van der Waals surface area contributed by atoms with Crippen LogP contribution in [-0.2, 0) is 9.53 Å². The Kier molecular flexibility index (Phi) is 6.85. The lowest BCUT2D eigenvalue weighted by Crippen LogP contribution is -2.47. The van der Waals surface area contributed by atoms with Gasteiger partial charge in [-0.2, -0.15) is 0 Å². The van der Waals surface area contributed by atoms with E-state index in [0.29, 0.717) is 28.9 Å². The molecule has 0 bridgehead atoms. The molecule has 1 aromatic heterocycles. The van der Waals surface area contributed by atoms with Crippen LogP contribution in [0.1, 0.15) is 12.0 Å². The number of hydrogen-bond donors (Lipinski definition) is 0. The molecular weight excluding hydrogens is 454 g/mol. The molecule has 0 spiro atoms. The number of anilines is 1. The molecule has 0 aliphatic carbocycles.